The van der Waals surface area contributed by atoms with Crippen LogP contribution in [0.15, 0.2) is 53.1 Å². The SMILES string of the molecule is C=NCc1ccc2c(c1)nc(Cn1ccnc1-c1cccs1)n2CC. The van der Waals surface area contributed by atoms with Gasteiger partial charge in [0.05, 0.1) is 29.0 Å². The van der Waals surface area contributed by atoms with Crippen LogP contribution in [0.5, 0.6) is 0 Å². The molecule has 1 aromatic carbocycles. The van der Waals surface area contributed by atoms with Gasteiger partial charge < -0.3 is 9.13 Å². The number of aromatic nitrogens is 4. The van der Waals surface area contributed by atoms with Gasteiger partial charge in [0, 0.05) is 18.9 Å². The molecule has 0 unspecified atom stereocenters. The highest BCUT2D eigenvalue weighted by Gasteiger charge is 2.13. The second-order valence-corrected chi connectivity index (χ2v) is 6.78. The molecule has 25 heavy (non-hydrogen) atoms. The van der Waals surface area contributed by atoms with Crippen molar-refractivity contribution >= 4 is 29.1 Å². The molecule has 3 aromatic heterocycles. The highest BCUT2D eigenvalue weighted by molar-refractivity contribution is 7.13. The fourth-order valence-corrected chi connectivity index (χ4v) is 3.88. The zero-order chi connectivity index (χ0) is 17.2. The third-order valence-corrected chi connectivity index (χ3v) is 5.14. The van der Waals surface area contributed by atoms with E-state index in [9.17, 15) is 0 Å². The van der Waals surface area contributed by atoms with Crippen LogP contribution in [-0.2, 0) is 19.6 Å². The molecule has 0 amide bonds. The smallest absolute Gasteiger partial charge is 0.150 e. The summed E-state index contributed by atoms with van der Waals surface area (Å²) in [6.45, 7) is 7.93. The normalized spacial score (nSPS) is 11.2. The summed E-state index contributed by atoms with van der Waals surface area (Å²) in [5, 5.41) is 2.07. The maximum atomic E-state index is 4.88. The van der Waals surface area contributed by atoms with E-state index in [0.717, 1.165) is 34.8 Å². The molecule has 6 heteroatoms. The van der Waals surface area contributed by atoms with Crippen molar-refractivity contribution in [2.45, 2.75) is 26.6 Å². The number of hydrogen-bond acceptors (Lipinski definition) is 4. The first kappa shape index (κ1) is 15.8. The number of aryl methyl sites for hydroxylation is 1. The number of hydrogen-bond donors (Lipinski definition) is 0. The van der Waals surface area contributed by atoms with Crippen LogP contribution in [0.25, 0.3) is 21.7 Å². The van der Waals surface area contributed by atoms with Gasteiger partial charge in [-0.1, -0.05) is 12.1 Å². The Hall–Kier alpha value is -2.73. The predicted octanol–water partition coefficient (Wildman–Crippen LogP) is 4.23. The summed E-state index contributed by atoms with van der Waals surface area (Å²) in [5.74, 6) is 2.03. The molecule has 0 fully saturated rings. The summed E-state index contributed by atoms with van der Waals surface area (Å²) < 4.78 is 4.42. The van der Waals surface area contributed by atoms with E-state index in [0.29, 0.717) is 13.1 Å². The standard InChI is InChI=1S/C19H19N5S/c1-3-24-16-7-6-14(12-20-2)11-15(16)22-18(24)13-23-9-8-21-19(23)17-5-4-10-25-17/h4-11H,2-3,12-13H2,1H3. The number of benzene rings is 1. The van der Waals surface area contributed by atoms with E-state index in [1.807, 2.05) is 12.4 Å². The van der Waals surface area contributed by atoms with Gasteiger partial charge in [-0.2, -0.15) is 0 Å². The van der Waals surface area contributed by atoms with Crippen molar-refractivity contribution in [1.82, 2.24) is 19.1 Å². The molecular formula is C19H19N5S. The number of rotatable bonds is 6. The summed E-state index contributed by atoms with van der Waals surface area (Å²) in [4.78, 5) is 14.5. The van der Waals surface area contributed by atoms with Crippen LogP contribution >= 0.6 is 11.3 Å². The van der Waals surface area contributed by atoms with Crippen molar-refractivity contribution in [3.05, 3.63) is 59.5 Å². The number of fused-ring (bicyclic) bond motifs is 1. The van der Waals surface area contributed by atoms with Gasteiger partial charge in [0.15, 0.2) is 0 Å². The molecule has 4 aromatic rings. The molecule has 0 aliphatic rings. The summed E-state index contributed by atoms with van der Waals surface area (Å²) in [6.07, 6.45) is 3.86. The van der Waals surface area contributed by atoms with Gasteiger partial charge in [0.2, 0.25) is 0 Å². The monoisotopic (exact) mass is 349 g/mol. The highest BCUT2D eigenvalue weighted by atomic mass is 32.1. The van der Waals surface area contributed by atoms with Crippen molar-refractivity contribution < 1.29 is 0 Å². The number of imidazole rings is 2. The lowest BCUT2D eigenvalue weighted by Gasteiger charge is -2.09. The van der Waals surface area contributed by atoms with Crippen LogP contribution in [0.3, 0.4) is 0 Å². The maximum absolute atomic E-state index is 4.88. The summed E-state index contributed by atoms with van der Waals surface area (Å²) >= 11 is 1.70. The first-order valence-electron chi connectivity index (χ1n) is 8.25. The predicted molar refractivity (Wildman–Crippen MR) is 103 cm³/mol. The van der Waals surface area contributed by atoms with Crippen molar-refractivity contribution in [1.29, 1.82) is 0 Å². The Bertz CT molecular complexity index is 1010. The molecule has 0 saturated heterocycles. The molecule has 0 bridgehead atoms. The van der Waals surface area contributed by atoms with Crippen LogP contribution in [0.2, 0.25) is 0 Å². The Morgan fingerprint density at radius 3 is 2.96 bits per heavy atom. The Morgan fingerprint density at radius 1 is 1.28 bits per heavy atom. The van der Waals surface area contributed by atoms with Crippen molar-refractivity contribution in [3.63, 3.8) is 0 Å². The second-order valence-electron chi connectivity index (χ2n) is 5.83. The lowest BCUT2D eigenvalue weighted by atomic mass is 10.2. The van der Waals surface area contributed by atoms with Crippen LogP contribution in [-0.4, -0.2) is 25.8 Å². The molecule has 0 radical (unpaired) electrons. The number of thiophene rings is 1. The number of aliphatic imine (C=N–C) groups is 1. The second kappa shape index (κ2) is 6.64. The van der Waals surface area contributed by atoms with Crippen molar-refractivity contribution in [2.75, 3.05) is 0 Å². The minimum absolute atomic E-state index is 0.619. The van der Waals surface area contributed by atoms with E-state index in [4.69, 9.17) is 4.98 Å². The quantitative estimate of drug-likeness (QED) is 0.489. The van der Waals surface area contributed by atoms with Crippen LogP contribution < -0.4 is 0 Å². The molecule has 0 spiro atoms. The van der Waals surface area contributed by atoms with Crippen LogP contribution in [0, 0.1) is 0 Å². The molecule has 0 aliphatic carbocycles. The average Bonchev–Trinajstić information content (AvgIpc) is 3.34. The van der Waals surface area contributed by atoms with E-state index in [-0.39, 0.29) is 0 Å². The topological polar surface area (TPSA) is 48.0 Å². The largest absolute Gasteiger partial charge is 0.327 e. The molecule has 0 atom stereocenters. The Balaban J connectivity index is 1.74. The van der Waals surface area contributed by atoms with Gasteiger partial charge in [-0.25, -0.2) is 9.97 Å². The fourth-order valence-electron chi connectivity index (χ4n) is 3.15. The zero-order valence-electron chi connectivity index (χ0n) is 14.1. The van der Waals surface area contributed by atoms with E-state index < -0.39 is 0 Å². The van der Waals surface area contributed by atoms with Gasteiger partial charge in [-0.15, -0.1) is 11.3 Å². The molecule has 126 valence electrons. The lowest BCUT2D eigenvalue weighted by Crippen LogP contribution is -2.08. The first-order valence-corrected chi connectivity index (χ1v) is 9.13. The Labute approximate surface area is 150 Å². The molecular weight excluding hydrogens is 330 g/mol. The lowest BCUT2D eigenvalue weighted by molar-refractivity contribution is 0.668. The maximum Gasteiger partial charge on any atom is 0.150 e. The number of nitrogens with zero attached hydrogens (tertiary/aromatic N) is 5. The molecule has 0 aliphatic heterocycles. The Morgan fingerprint density at radius 2 is 2.20 bits per heavy atom. The van der Waals surface area contributed by atoms with Crippen molar-refractivity contribution in [3.8, 4) is 10.7 Å². The summed E-state index contributed by atoms with van der Waals surface area (Å²) in [7, 11) is 0. The van der Waals surface area contributed by atoms with E-state index in [2.05, 4.69) is 68.5 Å². The third kappa shape index (κ3) is 2.89. The van der Waals surface area contributed by atoms with Gasteiger partial charge in [-0.3, -0.25) is 4.99 Å². The highest BCUT2D eigenvalue weighted by Crippen LogP contribution is 2.25. The zero-order valence-corrected chi connectivity index (χ0v) is 14.9. The van der Waals surface area contributed by atoms with E-state index in [1.54, 1.807) is 11.3 Å². The molecule has 5 nitrogen and oxygen atoms in total. The third-order valence-electron chi connectivity index (χ3n) is 4.27. The van der Waals surface area contributed by atoms with Crippen molar-refractivity contribution in [2.24, 2.45) is 4.99 Å². The van der Waals surface area contributed by atoms with E-state index >= 15 is 0 Å². The fraction of sp³-hybridized carbons (Fsp3) is 0.211. The first-order chi connectivity index (χ1) is 12.3. The van der Waals surface area contributed by atoms with Gasteiger partial charge >= 0.3 is 0 Å². The van der Waals surface area contributed by atoms with Gasteiger partial charge in [-0.05, 0) is 42.8 Å². The van der Waals surface area contributed by atoms with E-state index in [1.165, 1.54) is 4.88 Å². The minimum Gasteiger partial charge on any atom is -0.327 e. The van der Waals surface area contributed by atoms with Gasteiger partial charge in [0.1, 0.15) is 11.6 Å². The summed E-state index contributed by atoms with van der Waals surface area (Å²) in [6, 6.07) is 10.5. The van der Waals surface area contributed by atoms with Crippen LogP contribution in [0.1, 0.15) is 18.3 Å². The van der Waals surface area contributed by atoms with Gasteiger partial charge in [0.25, 0.3) is 0 Å². The average molecular weight is 349 g/mol. The minimum atomic E-state index is 0.619. The summed E-state index contributed by atoms with van der Waals surface area (Å²) in [5.41, 5.74) is 3.30. The molecule has 0 saturated carbocycles. The van der Waals surface area contributed by atoms with Crippen LogP contribution in [0.4, 0.5) is 0 Å². The molecule has 4 rings (SSSR count). The molecule has 0 N–H and O–H groups in total. The molecule has 3 heterocycles. The Kier molecular flexibility index (Phi) is 4.19.